The Hall–Kier alpha value is 0.620. The van der Waals surface area contributed by atoms with Crippen LogP contribution >= 0.6 is 22.6 Å². The predicted octanol–water partition coefficient (Wildman–Crippen LogP) is 1.55. The fraction of sp³-hybridized carbons (Fsp3) is 1.00. The summed E-state index contributed by atoms with van der Waals surface area (Å²) < 4.78 is 2.46. The van der Waals surface area contributed by atoms with E-state index in [1.165, 1.54) is 38.9 Å². The highest BCUT2D eigenvalue weighted by Gasteiger charge is 2.32. The van der Waals surface area contributed by atoms with Crippen molar-refractivity contribution in [3.63, 3.8) is 0 Å². The Morgan fingerprint density at radius 2 is 2.33 bits per heavy atom. The van der Waals surface area contributed by atoms with Crippen LogP contribution in [-0.2, 0) is 0 Å². The molecule has 0 amide bonds. The van der Waals surface area contributed by atoms with Gasteiger partial charge in [-0.15, -0.1) is 0 Å². The summed E-state index contributed by atoms with van der Waals surface area (Å²) in [6.07, 6.45) is 4.05. The molecular weight excluding hydrogens is 188 g/mol. The van der Waals surface area contributed by atoms with E-state index in [0.717, 1.165) is 12.0 Å². The van der Waals surface area contributed by atoms with Crippen LogP contribution in [0.25, 0.3) is 0 Å². The first-order valence-corrected chi connectivity index (χ1v) is 6.53. The smallest absolute Gasteiger partial charge is 0.0262 e. The molecule has 4 heteroatoms. The number of thiol groups is 1. The van der Waals surface area contributed by atoms with Crippen LogP contribution in [0.15, 0.2) is 0 Å². The van der Waals surface area contributed by atoms with Gasteiger partial charge in [-0.1, -0.05) is 11.7 Å². The van der Waals surface area contributed by atoms with E-state index in [-0.39, 0.29) is 0 Å². The predicted molar refractivity (Wildman–Crippen MR) is 57.3 cm³/mol. The Morgan fingerprint density at radius 3 is 3.17 bits per heavy atom. The van der Waals surface area contributed by atoms with Crippen molar-refractivity contribution in [2.24, 2.45) is 5.92 Å². The van der Waals surface area contributed by atoms with Gasteiger partial charge in [-0.2, -0.15) is 0 Å². The lowest BCUT2D eigenvalue weighted by molar-refractivity contribution is 0.152. The molecule has 0 radical (unpaired) electrons. The van der Waals surface area contributed by atoms with E-state index < -0.39 is 0 Å². The molecule has 2 saturated heterocycles. The van der Waals surface area contributed by atoms with Crippen molar-refractivity contribution < 1.29 is 0 Å². The van der Waals surface area contributed by atoms with Gasteiger partial charge in [-0.05, 0) is 49.2 Å². The minimum absolute atomic E-state index is 0.794. The summed E-state index contributed by atoms with van der Waals surface area (Å²) in [5.74, 6) is 0.882. The molecule has 0 saturated carbocycles. The molecule has 0 bridgehead atoms. The van der Waals surface area contributed by atoms with Crippen molar-refractivity contribution in [2.45, 2.75) is 25.3 Å². The number of fused-ring (bicyclic) bond motifs is 1. The lowest BCUT2D eigenvalue weighted by atomic mass is 9.86. The summed E-state index contributed by atoms with van der Waals surface area (Å²) in [6.45, 7) is 3.64. The number of piperidine rings is 2. The molecule has 2 heterocycles. The molecule has 2 fully saturated rings. The normalized spacial score (nSPS) is 37.8. The molecule has 2 nitrogen and oxygen atoms in total. The van der Waals surface area contributed by atoms with E-state index in [4.69, 9.17) is 0 Å². The summed E-state index contributed by atoms with van der Waals surface area (Å²) in [7, 11) is 1.63. The molecule has 0 aromatic rings. The van der Waals surface area contributed by atoms with Gasteiger partial charge in [0.25, 0.3) is 0 Å². The third-order valence-electron chi connectivity index (χ3n) is 3.00. The number of hydrogen-bond donors (Lipinski definition) is 2. The highest BCUT2D eigenvalue weighted by atomic mass is 33.1. The van der Waals surface area contributed by atoms with Gasteiger partial charge in [-0.25, -0.2) is 4.31 Å². The molecule has 2 aliphatic heterocycles. The zero-order valence-corrected chi connectivity index (χ0v) is 8.91. The molecule has 70 valence electrons. The first-order chi connectivity index (χ1) is 5.92. The van der Waals surface area contributed by atoms with Crippen LogP contribution in [-0.4, -0.2) is 30.0 Å². The van der Waals surface area contributed by atoms with Gasteiger partial charge < -0.3 is 5.32 Å². The summed E-state index contributed by atoms with van der Waals surface area (Å²) in [4.78, 5) is 0. The molecule has 0 aromatic carbocycles. The van der Waals surface area contributed by atoms with E-state index in [9.17, 15) is 0 Å². The molecular formula is C8H16N2S2. The maximum atomic E-state index is 4.30. The Balaban J connectivity index is 1.99. The standard InChI is InChI=1S/C8H16N2S2/c11-12-10-5-1-2-7-6-9-4-3-8(7)10/h7-9,11H,1-6H2. The summed E-state index contributed by atoms with van der Waals surface area (Å²) in [5.41, 5.74) is 0. The molecule has 0 aliphatic carbocycles. The lowest BCUT2D eigenvalue weighted by Crippen LogP contribution is -2.49. The van der Waals surface area contributed by atoms with E-state index in [2.05, 4.69) is 21.3 Å². The summed E-state index contributed by atoms with van der Waals surface area (Å²) in [5, 5.41) is 3.47. The largest absolute Gasteiger partial charge is 0.316 e. The average molecular weight is 204 g/mol. The molecule has 12 heavy (non-hydrogen) atoms. The second kappa shape index (κ2) is 4.22. The van der Waals surface area contributed by atoms with Gasteiger partial charge in [-0.3, -0.25) is 0 Å². The zero-order valence-electron chi connectivity index (χ0n) is 7.20. The van der Waals surface area contributed by atoms with Crippen LogP contribution in [0.4, 0.5) is 0 Å². The topological polar surface area (TPSA) is 15.3 Å². The monoisotopic (exact) mass is 204 g/mol. The summed E-state index contributed by atoms with van der Waals surface area (Å²) >= 11 is 4.30. The van der Waals surface area contributed by atoms with E-state index in [1.54, 1.807) is 11.0 Å². The van der Waals surface area contributed by atoms with Crippen molar-refractivity contribution in [3.8, 4) is 0 Å². The fourth-order valence-corrected chi connectivity index (χ4v) is 3.58. The maximum absolute atomic E-state index is 4.30. The first-order valence-electron chi connectivity index (χ1n) is 4.70. The SMILES string of the molecule is SSN1CCCC2CNCCC21. The molecule has 2 unspecified atom stereocenters. The quantitative estimate of drug-likeness (QED) is 0.383. The second-order valence-electron chi connectivity index (χ2n) is 3.68. The van der Waals surface area contributed by atoms with Crippen LogP contribution in [0.2, 0.25) is 0 Å². The Bertz CT molecular complexity index is 145. The lowest BCUT2D eigenvalue weighted by Gasteiger charge is -2.42. The van der Waals surface area contributed by atoms with Crippen molar-refractivity contribution in [3.05, 3.63) is 0 Å². The van der Waals surface area contributed by atoms with Gasteiger partial charge in [0.2, 0.25) is 0 Å². The third kappa shape index (κ3) is 1.76. The van der Waals surface area contributed by atoms with Crippen LogP contribution in [0.1, 0.15) is 19.3 Å². The second-order valence-corrected chi connectivity index (χ2v) is 4.81. The van der Waals surface area contributed by atoms with Gasteiger partial charge in [0, 0.05) is 12.6 Å². The van der Waals surface area contributed by atoms with E-state index in [0.29, 0.717) is 0 Å². The first kappa shape index (κ1) is 9.19. The molecule has 2 aliphatic rings. The van der Waals surface area contributed by atoms with Crippen molar-refractivity contribution in [1.29, 1.82) is 0 Å². The third-order valence-corrected chi connectivity index (χ3v) is 4.29. The Morgan fingerprint density at radius 1 is 1.42 bits per heavy atom. The number of rotatable bonds is 1. The molecule has 0 spiro atoms. The average Bonchev–Trinajstić information content (AvgIpc) is 2.17. The minimum atomic E-state index is 0.794. The van der Waals surface area contributed by atoms with Crippen LogP contribution in [0.5, 0.6) is 0 Å². The van der Waals surface area contributed by atoms with Crippen molar-refractivity contribution in [2.75, 3.05) is 19.6 Å². The van der Waals surface area contributed by atoms with E-state index in [1.807, 2.05) is 0 Å². The highest BCUT2D eigenvalue weighted by Crippen LogP contribution is 2.33. The zero-order chi connectivity index (χ0) is 8.39. The highest BCUT2D eigenvalue weighted by molar-refractivity contribution is 8.67. The molecule has 2 atom stereocenters. The minimum Gasteiger partial charge on any atom is -0.316 e. The van der Waals surface area contributed by atoms with Gasteiger partial charge >= 0.3 is 0 Å². The van der Waals surface area contributed by atoms with Crippen LogP contribution in [0.3, 0.4) is 0 Å². The Labute approximate surface area is 83.4 Å². The summed E-state index contributed by atoms with van der Waals surface area (Å²) in [6, 6.07) is 0.794. The Kier molecular flexibility index (Phi) is 3.23. The van der Waals surface area contributed by atoms with Gasteiger partial charge in [0.1, 0.15) is 0 Å². The van der Waals surface area contributed by atoms with E-state index >= 15 is 0 Å². The van der Waals surface area contributed by atoms with Gasteiger partial charge in [0.15, 0.2) is 0 Å². The molecule has 2 rings (SSSR count). The fourth-order valence-electron chi connectivity index (χ4n) is 2.36. The molecule has 1 N–H and O–H groups in total. The maximum Gasteiger partial charge on any atom is 0.0262 e. The number of nitrogens with zero attached hydrogens (tertiary/aromatic N) is 1. The van der Waals surface area contributed by atoms with Crippen LogP contribution < -0.4 is 5.32 Å². The van der Waals surface area contributed by atoms with Crippen LogP contribution in [0, 0.1) is 5.92 Å². The molecule has 0 aromatic heterocycles. The number of hydrogen-bond acceptors (Lipinski definition) is 4. The number of nitrogens with one attached hydrogen (secondary N) is 1. The van der Waals surface area contributed by atoms with Crippen molar-refractivity contribution >= 4 is 22.6 Å². The van der Waals surface area contributed by atoms with Gasteiger partial charge in [0.05, 0.1) is 0 Å². The van der Waals surface area contributed by atoms with Crippen molar-refractivity contribution in [1.82, 2.24) is 9.62 Å².